The van der Waals surface area contributed by atoms with Gasteiger partial charge >= 0.3 is 5.97 Å². The summed E-state index contributed by atoms with van der Waals surface area (Å²) in [6, 6.07) is 3.19. The second-order valence-corrected chi connectivity index (χ2v) is 3.79. The molecular formula is C9H6BrN3O2. The van der Waals surface area contributed by atoms with Gasteiger partial charge in [0.2, 0.25) is 0 Å². The Morgan fingerprint density at radius 3 is 2.87 bits per heavy atom. The first-order valence-corrected chi connectivity index (χ1v) is 4.82. The summed E-state index contributed by atoms with van der Waals surface area (Å²) in [5.41, 5.74) is 6.13. The van der Waals surface area contributed by atoms with Gasteiger partial charge in [0.15, 0.2) is 5.65 Å². The zero-order valence-electron chi connectivity index (χ0n) is 7.44. The van der Waals surface area contributed by atoms with Gasteiger partial charge in [-0.2, -0.15) is 0 Å². The van der Waals surface area contributed by atoms with Crippen molar-refractivity contribution in [1.82, 2.24) is 9.97 Å². The third-order valence-corrected chi connectivity index (χ3v) is 2.53. The zero-order valence-corrected chi connectivity index (χ0v) is 9.02. The first kappa shape index (κ1) is 9.85. The smallest absolute Gasteiger partial charge is 0.337 e. The van der Waals surface area contributed by atoms with Gasteiger partial charge < -0.3 is 10.8 Å². The average molecular weight is 268 g/mol. The van der Waals surface area contributed by atoms with Crippen LogP contribution in [0.3, 0.4) is 0 Å². The van der Waals surface area contributed by atoms with Crippen LogP contribution in [0.25, 0.3) is 11.0 Å². The number of carbonyl (C=O) groups is 1. The SMILES string of the molecule is Nc1nc2ncc(C(=O)O)cc2cc1Br. The number of anilines is 1. The third kappa shape index (κ3) is 1.75. The average Bonchev–Trinajstić information content (AvgIpc) is 2.19. The van der Waals surface area contributed by atoms with Crippen LogP contribution in [-0.2, 0) is 0 Å². The van der Waals surface area contributed by atoms with Crippen LogP contribution in [0.4, 0.5) is 5.82 Å². The van der Waals surface area contributed by atoms with Crippen LogP contribution in [0, 0.1) is 0 Å². The summed E-state index contributed by atoms with van der Waals surface area (Å²) in [7, 11) is 0. The minimum Gasteiger partial charge on any atom is -0.478 e. The molecule has 2 rings (SSSR count). The molecule has 0 aromatic carbocycles. The minimum absolute atomic E-state index is 0.126. The normalized spacial score (nSPS) is 10.5. The van der Waals surface area contributed by atoms with E-state index in [1.54, 1.807) is 6.07 Å². The lowest BCUT2D eigenvalue weighted by Gasteiger charge is -2.01. The molecular weight excluding hydrogens is 262 g/mol. The maximum Gasteiger partial charge on any atom is 0.337 e. The molecule has 0 atom stereocenters. The Bertz CT molecular complexity index is 556. The Hall–Kier alpha value is -1.69. The summed E-state index contributed by atoms with van der Waals surface area (Å²) in [6.07, 6.45) is 1.25. The number of rotatable bonds is 1. The van der Waals surface area contributed by atoms with Crippen molar-refractivity contribution < 1.29 is 9.90 Å². The van der Waals surface area contributed by atoms with E-state index in [-0.39, 0.29) is 5.56 Å². The fourth-order valence-electron chi connectivity index (χ4n) is 1.17. The Morgan fingerprint density at radius 2 is 2.20 bits per heavy atom. The fraction of sp³-hybridized carbons (Fsp3) is 0. The van der Waals surface area contributed by atoms with E-state index in [9.17, 15) is 4.79 Å². The molecule has 2 aromatic rings. The van der Waals surface area contributed by atoms with Crippen molar-refractivity contribution in [2.45, 2.75) is 0 Å². The highest BCUT2D eigenvalue weighted by Crippen LogP contribution is 2.22. The summed E-state index contributed by atoms with van der Waals surface area (Å²) in [5.74, 6) is -0.685. The van der Waals surface area contributed by atoms with Crippen LogP contribution in [-0.4, -0.2) is 21.0 Å². The van der Waals surface area contributed by atoms with Crippen LogP contribution in [0.15, 0.2) is 22.8 Å². The third-order valence-electron chi connectivity index (χ3n) is 1.90. The number of hydrogen-bond acceptors (Lipinski definition) is 4. The predicted molar refractivity (Wildman–Crippen MR) is 58.6 cm³/mol. The minimum atomic E-state index is -1.02. The highest BCUT2D eigenvalue weighted by Gasteiger charge is 2.07. The van der Waals surface area contributed by atoms with Crippen LogP contribution >= 0.6 is 15.9 Å². The Kier molecular flexibility index (Phi) is 2.28. The lowest BCUT2D eigenvalue weighted by molar-refractivity contribution is 0.0696. The summed E-state index contributed by atoms with van der Waals surface area (Å²) in [5, 5.41) is 9.41. The number of nitrogens with zero attached hydrogens (tertiary/aromatic N) is 2. The topological polar surface area (TPSA) is 89.1 Å². The number of fused-ring (bicyclic) bond motifs is 1. The molecule has 6 heteroatoms. The maximum absolute atomic E-state index is 10.7. The van der Waals surface area contributed by atoms with Crippen molar-refractivity contribution >= 4 is 38.8 Å². The number of hydrogen-bond donors (Lipinski definition) is 2. The standard InChI is InChI=1S/C9H6BrN3O2/c10-6-2-4-1-5(9(14)15)3-12-8(4)13-7(6)11/h1-3H,(H,14,15)(H2,11,12,13). The molecule has 0 aliphatic heterocycles. The van der Waals surface area contributed by atoms with Gasteiger partial charge in [0.05, 0.1) is 10.0 Å². The molecule has 0 fully saturated rings. The van der Waals surface area contributed by atoms with Gasteiger partial charge in [-0.3, -0.25) is 0 Å². The van der Waals surface area contributed by atoms with Gasteiger partial charge in [-0.15, -0.1) is 0 Å². The largest absolute Gasteiger partial charge is 0.478 e. The zero-order chi connectivity index (χ0) is 11.0. The van der Waals surface area contributed by atoms with Crippen LogP contribution < -0.4 is 5.73 Å². The van der Waals surface area contributed by atoms with E-state index in [2.05, 4.69) is 25.9 Å². The van der Waals surface area contributed by atoms with Gasteiger partial charge in [-0.05, 0) is 28.1 Å². The number of nitrogens with two attached hydrogens (primary N) is 1. The van der Waals surface area contributed by atoms with Crippen LogP contribution in [0.1, 0.15) is 10.4 Å². The number of halogens is 1. The Labute approximate surface area is 93.1 Å². The van der Waals surface area contributed by atoms with Gasteiger partial charge in [-0.25, -0.2) is 14.8 Å². The second kappa shape index (κ2) is 3.47. The molecule has 76 valence electrons. The molecule has 0 spiro atoms. The number of nitrogen functional groups attached to an aromatic ring is 1. The number of carboxylic acid groups (broad SMARTS) is 1. The van der Waals surface area contributed by atoms with E-state index in [0.717, 1.165) is 0 Å². The van der Waals surface area contributed by atoms with Crippen molar-refractivity contribution in [1.29, 1.82) is 0 Å². The first-order valence-electron chi connectivity index (χ1n) is 4.03. The number of aromatic carboxylic acids is 1. The molecule has 0 aliphatic carbocycles. The predicted octanol–water partition coefficient (Wildman–Crippen LogP) is 1.67. The summed E-state index contributed by atoms with van der Waals surface area (Å²) >= 11 is 3.22. The number of pyridine rings is 2. The summed E-state index contributed by atoms with van der Waals surface area (Å²) in [4.78, 5) is 18.6. The first-order chi connectivity index (χ1) is 7.08. The molecule has 2 aromatic heterocycles. The highest BCUT2D eigenvalue weighted by molar-refractivity contribution is 9.10. The van der Waals surface area contributed by atoms with Crippen LogP contribution in [0.5, 0.6) is 0 Å². The second-order valence-electron chi connectivity index (χ2n) is 2.93. The summed E-state index contributed by atoms with van der Waals surface area (Å²) < 4.78 is 0.624. The maximum atomic E-state index is 10.7. The molecule has 0 saturated heterocycles. The Morgan fingerprint density at radius 1 is 1.47 bits per heavy atom. The van der Waals surface area contributed by atoms with E-state index < -0.39 is 5.97 Å². The molecule has 0 aliphatic rings. The molecule has 0 radical (unpaired) electrons. The molecule has 5 nitrogen and oxygen atoms in total. The highest BCUT2D eigenvalue weighted by atomic mass is 79.9. The molecule has 2 heterocycles. The van der Waals surface area contributed by atoms with E-state index >= 15 is 0 Å². The fourth-order valence-corrected chi connectivity index (χ4v) is 1.50. The van der Waals surface area contributed by atoms with E-state index in [1.807, 2.05) is 0 Å². The number of aromatic nitrogens is 2. The van der Waals surface area contributed by atoms with Crippen molar-refractivity contribution in [2.24, 2.45) is 0 Å². The van der Waals surface area contributed by atoms with Crippen molar-refractivity contribution in [3.63, 3.8) is 0 Å². The molecule has 15 heavy (non-hydrogen) atoms. The van der Waals surface area contributed by atoms with Crippen LogP contribution in [0.2, 0.25) is 0 Å². The molecule has 0 bridgehead atoms. The quantitative estimate of drug-likeness (QED) is 0.821. The molecule has 0 unspecified atom stereocenters. The lowest BCUT2D eigenvalue weighted by Crippen LogP contribution is -1.99. The molecule has 0 amide bonds. The van der Waals surface area contributed by atoms with E-state index in [4.69, 9.17) is 10.8 Å². The van der Waals surface area contributed by atoms with Crippen molar-refractivity contribution in [3.8, 4) is 0 Å². The summed E-state index contributed by atoms with van der Waals surface area (Å²) in [6.45, 7) is 0. The lowest BCUT2D eigenvalue weighted by atomic mass is 10.2. The van der Waals surface area contributed by atoms with Crippen molar-refractivity contribution in [2.75, 3.05) is 5.73 Å². The Balaban J connectivity index is 2.72. The number of carboxylic acids is 1. The van der Waals surface area contributed by atoms with Gasteiger partial charge in [0.1, 0.15) is 5.82 Å². The van der Waals surface area contributed by atoms with Gasteiger partial charge in [0.25, 0.3) is 0 Å². The van der Waals surface area contributed by atoms with Crippen molar-refractivity contribution in [3.05, 3.63) is 28.4 Å². The monoisotopic (exact) mass is 267 g/mol. The van der Waals surface area contributed by atoms with E-state index in [0.29, 0.717) is 21.3 Å². The van der Waals surface area contributed by atoms with Gasteiger partial charge in [0, 0.05) is 11.6 Å². The molecule has 0 saturated carbocycles. The van der Waals surface area contributed by atoms with Gasteiger partial charge in [-0.1, -0.05) is 0 Å². The molecule has 3 N–H and O–H groups in total. The van der Waals surface area contributed by atoms with E-state index in [1.165, 1.54) is 12.3 Å².